The number of benzene rings is 1. The van der Waals surface area contributed by atoms with Crippen molar-refractivity contribution in [2.24, 2.45) is 0 Å². The first-order valence-corrected chi connectivity index (χ1v) is 8.70. The molecule has 6 nitrogen and oxygen atoms in total. The Morgan fingerprint density at radius 1 is 1.40 bits per heavy atom. The summed E-state index contributed by atoms with van der Waals surface area (Å²) in [5.74, 6) is -0.742. The molecule has 1 N–H and O–H groups in total. The molecule has 7 heteroatoms. The van der Waals surface area contributed by atoms with Gasteiger partial charge in [0.25, 0.3) is 5.56 Å². The van der Waals surface area contributed by atoms with Gasteiger partial charge in [-0.3, -0.25) is 19.1 Å². The first-order valence-electron chi connectivity index (χ1n) is 8.70. The standard InChI is InChI=1S/C18H23FN4O2/c1-13-4-2-3-8-22(13)9-7-20-17(24)11-23-12-21-16-6-5-14(19)10-15(16)18(23)25/h5-6,10,12-13H,2-4,7-9,11H2,1H3,(H,20,24)/t13-/m1/s1. The zero-order chi connectivity index (χ0) is 17.8. The summed E-state index contributed by atoms with van der Waals surface area (Å²) in [4.78, 5) is 30.9. The van der Waals surface area contributed by atoms with E-state index in [1.165, 1.54) is 42.3 Å². The van der Waals surface area contributed by atoms with E-state index in [1.807, 2.05) is 0 Å². The molecule has 0 bridgehead atoms. The second kappa shape index (κ2) is 7.74. The number of carbonyl (C=O) groups excluding carboxylic acids is 1. The van der Waals surface area contributed by atoms with Crippen molar-refractivity contribution in [2.75, 3.05) is 19.6 Å². The zero-order valence-electron chi connectivity index (χ0n) is 14.4. The van der Waals surface area contributed by atoms with Gasteiger partial charge in [0.05, 0.1) is 17.2 Å². The molecule has 1 aliphatic heterocycles. The fourth-order valence-electron chi connectivity index (χ4n) is 3.28. The molecule has 134 valence electrons. The minimum absolute atomic E-state index is 0.117. The third-order valence-corrected chi connectivity index (χ3v) is 4.76. The molecule has 0 unspecified atom stereocenters. The molecule has 1 aromatic heterocycles. The molecule has 0 aliphatic carbocycles. The predicted octanol–water partition coefficient (Wildman–Crippen LogP) is 1.53. The van der Waals surface area contributed by atoms with Crippen LogP contribution in [0.3, 0.4) is 0 Å². The minimum Gasteiger partial charge on any atom is -0.353 e. The molecular formula is C18H23FN4O2. The van der Waals surface area contributed by atoms with Crippen LogP contribution in [0.5, 0.6) is 0 Å². The Bertz CT molecular complexity index is 820. The summed E-state index contributed by atoms with van der Waals surface area (Å²) in [6, 6.07) is 4.41. The SMILES string of the molecule is C[C@@H]1CCCCN1CCNC(=O)Cn1cnc2ccc(F)cc2c1=O. The highest BCUT2D eigenvalue weighted by Gasteiger charge is 2.17. The number of amides is 1. The number of nitrogens with zero attached hydrogens (tertiary/aromatic N) is 3. The number of nitrogens with one attached hydrogen (secondary N) is 1. The first kappa shape index (κ1) is 17.5. The van der Waals surface area contributed by atoms with Gasteiger partial charge in [-0.1, -0.05) is 6.42 Å². The van der Waals surface area contributed by atoms with E-state index in [0.717, 1.165) is 19.2 Å². The van der Waals surface area contributed by atoms with Crippen LogP contribution in [0.2, 0.25) is 0 Å². The van der Waals surface area contributed by atoms with Crippen molar-refractivity contribution >= 4 is 16.8 Å². The maximum Gasteiger partial charge on any atom is 0.261 e. The molecule has 2 aromatic rings. The average molecular weight is 346 g/mol. The number of rotatable bonds is 5. The molecule has 0 spiro atoms. The van der Waals surface area contributed by atoms with E-state index in [9.17, 15) is 14.0 Å². The number of likely N-dealkylation sites (tertiary alicyclic amines) is 1. The van der Waals surface area contributed by atoms with Gasteiger partial charge in [0.1, 0.15) is 12.4 Å². The summed E-state index contributed by atoms with van der Waals surface area (Å²) in [6.45, 7) is 4.52. The van der Waals surface area contributed by atoms with E-state index in [1.54, 1.807) is 0 Å². The van der Waals surface area contributed by atoms with Gasteiger partial charge in [0.15, 0.2) is 0 Å². The highest BCUT2D eigenvalue weighted by molar-refractivity contribution is 5.78. The Morgan fingerprint density at radius 2 is 2.24 bits per heavy atom. The summed E-state index contributed by atoms with van der Waals surface area (Å²) in [7, 11) is 0. The average Bonchev–Trinajstić information content (AvgIpc) is 2.59. The van der Waals surface area contributed by atoms with Crippen LogP contribution >= 0.6 is 0 Å². The Balaban J connectivity index is 1.58. The lowest BCUT2D eigenvalue weighted by molar-refractivity contribution is -0.121. The predicted molar refractivity (Wildman–Crippen MR) is 93.9 cm³/mol. The van der Waals surface area contributed by atoms with Crippen molar-refractivity contribution in [1.29, 1.82) is 0 Å². The van der Waals surface area contributed by atoms with E-state index in [0.29, 0.717) is 18.1 Å². The molecule has 25 heavy (non-hydrogen) atoms. The quantitative estimate of drug-likeness (QED) is 0.891. The van der Waals surface area contributed by atoms with Crippen LogP contribution in [-0.2, 0) is 11.3 Å². The van der Waals surface area contributed by atoms with Crippen molar-refractivity contribution < 1.29 is 9.18 Å². The first-order chi connectivity index (χ1) is 12.0. The van der Waals surface area contributed by atoms with Crippen LogP contribution in [0.4, 0.5) is 4.39 Å². The number of carbonyl (C=O) groups is 1. The molecule has 1 aliphatic rings. The second-order valence-corrected chi connectivity index (χ2v) is 6.57. The number of hydrogen-bond acceptors (Lipinski definition) is 4. The Labute approximate surface area is 145 Å². The van der Waals surface area contributed by atoms with Crippen LogP contribution in [0.15, 0.2) is 29.3 Å². The van der Waals surface area contributed by atoms with E-state index >= 15 is 0 Å². The van der Waals surface area contributed by atoms with Crippen molar-refractivity contribution in [3.8, 4) is 0 Å². The summed E-state index contributed by atoms with van der Waals surface area (Å²) < 4.78 is 14.5. The van der Waals surface area contributed by atoms with E-state index < -0.39 is 11.4 Å². The smallest absolute Gasteiger partial charge is 0.261 e. The van der Waals surface area contributed by atoms with Crippen molar-refractivity contribution in [3.63, 3.8) is 0 Å². The van der Waals surface area contributed by atoms with Crippen LogP contribution in [0.1, 0.15) is 26.2 Å². The van der Waals surface area contributed by atoms with Gasteiger partial charge in [0.2, 0.25) is 5.91 Å². The van der Waals surface area contributed by atoms with Gasteiger partial charge >= 0.3 is 0 Å². The summed E-state index contributed by atoms with van der Waals surface area (Å²) in [6.07, 6.45) is 4.99. The van der Waals surface area contributed by atoms with Crippen molar-refractivity contribution in [3.05, 3.63) is 40.7 Å². The van der Waals surface area contributed by atoms with Crippen LogP contribution in [0.25, 0.3) is 10.9 Å². The molecule has 1 aromatic carbocycles. The number of halogens is 1. The van der Waals surface area contributed by atoms with Gasteiger partial charge in [0, 0.05) is 19.1 Å². The topological polar surface area (TPSA) is 67.2 Å². The molecule has 3 rings (SSSR count). The van der Waals surface area contributed by atoms with Gasteiger partial charge in [-0.05, 0) is 44.5 Å². The maximum absolute atomic E-state index is 13.3. The fourth-order valence-corrected chi connectivity index (χ4v) is 3.28. The van der Waals surface area contributed by atoms with Crippen molar-refractivity contribution in [2.45, 2.75) is 38.8 Å². The molecule has 2 heterocycles. The Morgan fingerprint density at radius 3 is 3.04 bits per heavy atom. The molecule has 1 fully saturated rings. The van der Waals surface area contributed by atoms with Gasteiger partial charge in [-0.25, -0.2) is 9.37 Å². The molecule has 0 radical (unpaired) electrons. The van der Waals surface area contributed by atoms with Crippen LogP contribution in [0, 0.1) is 5.82 Å². The molecule has 1 amide bonds. The lowest BCUT2D eigenvalue weighted by Gasteiger charge is -2.33. The van der Waals surface area contributed by atoms with E-state index in [-0.39, 0.29) is 17.8 Å². The minimum atomic E-state index is -0.496. The Hall–Kier alpha value is -2.28. The normalized spacial score (nSPS) is 18.4. The maximum atomic E-state index is 13.3. The van der Waals surface area contributed by atoms with Gasteiger partial charge in [-0.2, -0.15) is 0 Å². The third kappa shape index (κ3) is 4.22. The summed E-state index contributed by atoms with van der Waals surface area (Å²) in [5, 5.41) is 3.02. The van der Waals surface area contributed by atoms with Crippen molar-refractivity contribution in [1.82, 2.24) is 19.8 Å². The Kier molecular flexibility index (Phi) is 5.43. The number of piperidine rings is 1. The lowest BCUT2D eigenvalue weighted by atomic mass is 10.0. The monoisotopic (exact) mass is 346 g/mol. The number of aromatic nitrogens is 2. The van der Waals surface area contributed by atoms with Crippen LogP contribution < -0.4 is 10.9 Å². The lowest BCUT2D eigenvalue weighted by Crippen LogP contribution is -2.43. The largest absolute Gasteiger partial charge is 0.353 e. The van der Waals surface area contributed by atoms with Gasteiger partial charge in [-0.15, -0.1) is 0 Å². The second-order valence-electron chi connectivity index (χ2n) is 6.57. The van der Waals surface area contributed by atoms with Gasteiger partial charge < -0.3 is 5.32 Å². The van der Waals surface area contributed by atoms with E-state index in [4.69, 9.17) is 0 Å². The molecule has 1 saturated heterocycles. The third-order valence-electron chi connectivity index (χ3n) is 4.76. The highest BCUT2D eigenvalue weighted by Crippen LogP contribution is 2.15. The summed E-state index contributed by atoms with van der Waals surface area (Å²) in [5.41, 5.74) is 0.00597. The number of hydrogen-bond donors (Lipinski definition) is 1. The molecule has 0 saturated carbocycles. The van der Waals surface area contributed by atoms with Crippen LogP contribution in [-0.4, -0.2) is 46.0 Å². The highest BCUT2D eigenvalue weighted by atomic mass is 19.1. The van der Waals surface area contributed by atoms with E-state index in [2.05, 4.69) is 22.1 Å². The zero-order valence-corrected chi connectivity index (χ0v) is 14.4. The number of fused-ring (bicyclic) bond motifs is 1. The summed E-state index contributed by atoms with van der Waals surface area (Å²) >= 11 is 0. The fraction of sp³-hybridized carbons (Fsp3) is 0.500. The molecule has 1 atom stereocenters. The molecular weight excluding hydrogens is 323 g/mol.